The summed E-state index contributed by atoms with van der Waals surface area (Å²) in [6.45, 7) is 2.69. The van der Waals surface area contributed by atoms with E-state index in [2.05, 4.69) is 5.32 Å². The van der Waals surface area contributed by atoms with Gasteiger partial charge in [0.1, 0.15) is 0 Å². The fourth-order valence-corrected chi connectivity index (χ4v) is 1.47. The second kappa shape index (κ2) is 5.67. The van der Waals surface area contributed by atoms with Crippen LogP contribution in [0.15, 0.2) is 0 Å². The Kier molecular flexibility index (Phi) is 4.51. The maximum Gasteiger partial charge on any atom is 0.324 e. The predicted molar refractivity (Wildman–Crippen MR) is 56.3 cm³/mol. The van der Waals surface area contributed by atoms with Crippen LogP contribution in [-0.2, 0) is 4.79 Å². The van der Waals surface area contributed by atoms with Gasteiger partial charge in [0, 0.05) is 13.1 Å². The Morgan fingerprint density at radius 1 is 1.67 bits per heavy atom. The molecule has 3 amide bonds. The van der Waals surface area contributed by atoms with Crippen LogP contribution in [0.4, 0.5) is 4.79 Å². The van der Waals surface area contributed by atoms with Crippen molar-refractivity contribution in [3.8, 4) is 0 Å². The molecule has 6 heteroatoms. The summed E-state index contributed by atoms with van der Waals surface area (Å²) < 4.78 is 0. The molecule has 0 radical (unpaired) electrons. The minimum absolute atomic E-state index is 0.149. The number of nitrogens with two attached hydrogens (primary N) is 1. The third kappa shape index (κ3) is 3.49. The van der Waals surface area contributed by atoms with E-state index in [0.717, 1.165) is 13.0 Å². The van der Waals surface area contributed by atoms with Gasteiger partial charge < -0.3 is 11.1 Å². The van der Waals surface area contributed by atoms with Gasteiger partial charge in [0.25, 0.3) is 0 Å². The van der Waals surface area contributed by atoms with Crippen molar-refractivity contribution >= 4 is 11.9 Å². The zero-order valence-corrected chi connectivity index (χ0v) is 9.03. The van der Waals surface area contributed by atoms with Crippen LogP contribution in [0.2, 0.25) is 0 Å². The predicted octanol–water partition coefficient (Wildman–Crippen LogP) is -1.18. The highest BCUT2D eigenvalue weighted by Crippen LogP contribution is 1.99. The third-order valence-electron chi connectivity index (χ3n) is 2.31. The first-order valence-corrected chi connectivity index (χ1v) is 5.12. The van der Waals surface area contributed by atoms with Gasteiger partial charge in [-0.2, -0.15) is 0 Å². The third-order valence-corrected chi connectivity index (χ3v) is 2.31. The number of rotatable bonds is 5. The standard InChI is InChI=1S/C9H18N4O2/c1-12(5-2-3-10)7-8(14)13-6-4-11-9(13)15/h2-7,10H2,1H3,(H,11,15). The molecule has 1 heterocycles. The molecule has 15 heavy (non-hydrogen) atoms. The number of likely N-dealkylation sites (N-methyl/N-ethyl adjacent to an activating group) is 1. The molecule has 1 aliphatic rings. The van der Waals surface area contributed by atoms with E-state index in [1.54, 1.807) is 0 Å². The lowest BCUT2D eigenvalue weighted by Gasteiger charge is -2.18. The maximum absolute atomic E-state index is 11.6. The number of urea groups is 1. The van der Waals surface area contributed by atoms with Gasteiger partial charge in [-0.05, 0) is 26.6 Å². The summed E-state index contributed by atoms with van der Waals surface area (Å²) in [7, 11) is 1.85. The van der Waals surface area contributed by atoms with E-state index in [9.17, 15) is 9.59 Å². The van der Waals surface area contributed by atoms with Gasteiger partial charge in [-0.1, -0.05) is 0 Å². The van der Waals surface area contributed by atoms with Crippen LogP contribution in [-0.4, -0.2) is 61.5 Å². The fourth-order valence-electron chi connectivity index (χ4n) is 1.47. The maximum atomic E-state index is 11.6. The molecule has 0 aliphatic carbocycles. The van der Waals surface area contributed by atoms with Crippen LogP contribution in [0, 0.1) is 0 Å². The minimum Gasteiger partial charge on any atom is -0.336 e. The summed E-state index contributed by atoms with van der Waals surface area (Å²) in [4.78, 5) is 25.9. The first kappa shape index (κ1) is 11.9. The zero-order chi connectivity index (χ0) is 11.3. The largest absolute Gasteiger partial charge is 0.336 e. The first-order chi connectivity index (χ1) is 7.15. The van der Waals surface area contributed by atoms with Gasteiger partial charge >= 0.3 is 6.03 Å². The lowest BCUT2D eigenvalue weighted by atomic mass is 10.4. The Morgan fingerprint density at radius 3 is 2.93 bits per heavy atom. The summed E-state index contributed by atoms with van der Waals surface area (Å²) in [6.07, 6.45) is 0.857. The molecule has 6 nitrogen and oxygen atoms in total. The molecule has 0 aromatic rings. The van der Waals surface area contributed by atoms with Crippen LogP contribution in [0.25, 0.3) is 0 Å². The highest BCUT2D eigenvalue weighted by Gasteiger charge is 2.26. The van der Waals surface area contributed by atoms with E-state index in [-0.39, 0.29) is 18.5 Å². The molecule has 0 aromatic heterocycles. The first-order valence-electron chi connectivity index (χ1n) is 5.12. The van der Waals surface area contributed by atoms with Crippen molar-refractivity contribution in [2.45, 2.75) is 6.42 Å². The van der Waals surface area contributed by atoms with Crippen molar-refractivity contribution in [3.05, 3.63) is 0 Å². The van der Waals surface area contributed by atoms with Crippen LogP contribution in [0.3, 0.4) is 0 Å². The molecule has 0 unspecified atom stereocenters. The summed E-state index contributed by atoms with van der Waals surface area (Å²) in [6, 6.07) is -0.285. The van der Waals surface area contributed by atoms with E-state index < -0.39 is 0 Å². The van der Waals surface area contributed by atoms with Gasteiger partial charge in [0.05, 0.1) is 6.54 Å². The molecule has 0 spiro atoms. The van der Waals surface area contributed by atoms with Crippen molar-refractivity contribution in [1.82, 2.24) is 15.1 Å². The summed E-state index contributed by atoms with van der Waals surface area (Å²) in [5.41, 5.74) is 5.37. The Morgan fingerprint density at radius 2 is 2.40 bits per heavy atom. The molecular formula is C9H18N4O2. The lowest BCUT2D eigenvalue weighted by molar-refractivity contribution is -0.128. The fraction of sp³-hybridized carbons (Fsp3) is 0.778. The molecule has 0 atom stereocenters. The van der Waals surface area contributed by atoms with Gasteiger partial charge in [-0.25, -0.2) is 4.79 Å². The van der Waals surface area contributed by atoms with Crippen molar-refractivity contribution in [2.24, 2.45) is 5.73 Å². The molecule has 1 saturated heterocycles. The Labute approximate surface area is 89.4 Å². The van der Waals surface area contributed by atoms with Crippen molar-refractivity contribution in [2.75, 3.05) is 39.8 Å². The minimum atomic E-state index is -0.285. The molecule has 0 aromatic carbocycles. The number of carbonyl (C=O) groups is 2. The summed E-state index contributed by atoms with van der Waals surface area (Å²) in [5.74, 6) is -0.149. The number of hydrogen-bond donors (Lipinski definition) is 2. The number of hydrogen-bond acceptors (Lipinski definition) is 4. The molecule has 0 bridgehead atoms. The van der Waals surface area contributed by atoms with Gasteiger partial charge in [0.15, 0.2) is 0 Å². The molecule has 1 aliphatic heterocycles. The molecule has 86 valence electrons. The highest BCUT2D eigenvalue weighted by molar-refractivity contribution is 5.96. The number of imide groups is 1. The average molecular weight is 214 g/mol. The average Bonchev–Trinajstić information content (AvgIpc) is 2.61. The van der Waals surface area contributed by atoms with E-state index in [1.807, 2.05) is 11.9 Å². The topological polar surface area (TPSA) is 78.7 Å². The monoisotopic (exact) mass is 214 g/mol. The molecule has 0 saturated carbocycles. The second-order valence-electron chi connectivity index (χ2n) is 3.66. The number of nitrogens with one attached hydrogen (secondary N) is 1. The Balaban J connectivity index is 2.31. The van der Waals surface area contributed by atoms with E-state index in [1.165, 1.54) is 4.90 Å². The van der Waals surface area contributed by atoms with Gasteiger partial charge in [-0.3, -0.25) is 14.6 Å². The van der Waals surface area contributed by atoms with Crippen molar-refractivity contribution < 1.29 is 9.59 Å². The molecule has 1 rings (SSSR count). The van der Waals surface area contributed by atoms with E-state index in [4.69, 9.17) is 5.73 Å². The smallest absolute Gasteiger partial charge is 0.324 e. The number of amides is 3. The SMILES string of the molecule is CN(CCCN)CC(=O)N1CCNC1=O. The van der Waals surface area contributed by atoms with Gasteiger partial charge in [0.2, 0.25) is 5.91 Å². The van der Waals surface area contributed by atoms with E-state index in [0.29, 0.717) is 19.6 Å². The van der Waals surface area contributed by atoms with Crippen molar-refractivity contribution in [1.29, 1.82) is 0 Å². The van der Waals surface area contributed by atoms with Gasteiger partial charge in [-0.15, -0.1) is 0 Å². The van der Waals surface area contributed by atoms with Crippen LogP contribution in [0.5, 0.6) is 0 Å². The zero-order valence-electron chi connectivity index (χ0n) is 9.03. The molecule has 1 fully saturated rings. The van der Waals surface area contributed by atoms with Crippen LogP contribution < -0.4 is 11.1 Å². The summed E-state index contributed by atoms with van der Waals surface area (Å²) in [5, 5.41) is 2.59. The lowest BCUT2D eigenvalue weighted by Crippen LogP contribution is -2.41. The second-order valence-corrected chi connectivity index (χ2v) is 3.66. The quantitative estimate of drug-likeness (QED) is 0.604. The summed E-state index contributed by atoms with van der Waals surface area (Å²) >= 11 is 0. The highest BCUT2D eigenvalue weighted by atomic mass is 16.2. The van der Waals surface area contributed by atoms with Crippen LogP contribution >= 0.6 is 0 Å². The molecule has 3 N–H and O–H groups in total. The van der Waals surface area contributed by atoms with Crippen LogP contribution in [0.1, 0.15) is 6.42 Å². The Bertz CT molecular complexity index is 244. The number of nitrogens with zero attached hydrogens (tertiary/aromatic N) is 2. The van der Waals surface area contributed by atoms with Crippen molar-refractivity contribution in [3.63, 3.8) is 0 Å². The number of carbonyl (C=O) groups excluding carboxylic acids is 2. The normalized spacial score (nSPS) is 15.9. The molecular weight excluding hydrogens is 196 g/mol. The Hall–Kier alpha value is -1.14. The van der Waals surface area contributed by atoms with E-state index >= 15 is 0 Å².